The maximum absolute atomic E-state index is 9.33. The third kappa shape index (κ3) is 3.47. The van der Waals surface area contributed by atoms with Gasteiger partial charge in [0.1, 0.15) is 5.75 Å². The van der Waals surface area contributed by atoms with E-state index < -0.39 is 0 Å². The number of rotatable bonds is 4. The van der Waals surface area contributed by atoms with Crippen LogP contribution in [0.3, 0.4) is 0 Å². The Morgan fingerprint density at radius 2 is 1.78 bits per heavy atom. The second kappa shape index (κ2) is 6.21. The van der Waals surface area contributed by atoms with Crippen LogP contribution < -0.4 is 5.32 Å². The second-order valence-corrected chi connectivity index (χ2v) is 5.47. The number of piperazine rings is 1. The lowest BCUT2D eigenvalue weighted by atomic mass is 9.94. The third-order valence-electron chi connectivity index (χ3n) is 3.77. The van der Waals surface area contributed by atoms with Gasteiger partial charge in [-0.2, -0.15) is 0 Å². The predicted octanol–water partition coefficient (Wildman–Crippen LogP) is 1.86. The van der Waals surface area contributed by atoms with Crippen LogP contribution in [0.15, 0.2) is 24.3 Å². The van der Waals surface area contributed by atoms with Crippen LogP contribution in [0.1, 0.15) is 19.4 Å². The molecule has 0 aromatic heterocycles. The van der Waals surface area contributed by atoms with E-state index >= 15 is 0 Å². The fraction of sp³-hybridized carbons (Fsp3) is 0.600. The summed E-state index contributed by atoms with van der Waals surface area (Å²) in [5.74, 6) is 0.999. The smallest absolute Gasteiger partial charge is 0.115 e. The summed E-state index contributed by atoms with van der Waals surface area (Å²) in [5.41, 5.74) is 1.31. The Bertz CT molecular complexity index is 355. The Labute approximate surface area is 110 Å². The van der Waals surface area contributed by atoms with Crippen LogP contribution in [-0.2, 0) is 6.42 Å². The number of nitrogens with zero attached hydrogens (tertiary/aromatic N) is 1. The van der Waals surface area contributed by atoms with E-state index in [-0.39, 0.29) is 0 Å². The van der Waals surface area contributed by atoms with E-state index in [2.05, 4.69) is 24.1 Å². The SMILES string of the molecule is CC(C)C(Cc1ccc(O)cc1)N1CCNCC1. The molecule has 3 nitrogen and oxygen atoms in total. The van der Waals surface area contributed by atoms with Crippen molar-refractivity contribution in [1.29, 1.82) is 0 Å². The number of benzene rings is 1. The van der Waals surface area contributed by atoms with Gasteiger partial charge in [-0.15, -0.1) is 0 Å². The first-order valence-electron chi connectivity index (χ1n) is 6.89. The minimum Gasteiger partial charge on any atom is -0.508 e. The van der Waals surface area contributed by atoms with Crippen molar-refractivity contribution in [2.75, 3.05) is 26.2 Å². The van der Waals surface area contributed by atoms with Gasteiger partial charge in [0.2, 0.25) is 0 Å². The molecule has 100 valence electrons. The molecule has 18 heavy (non-hydrogen) atoms. The maximum atomic E-state index is 9.33. The standard InChI is InChI=1S/C15H24N2O/c1-12(2)15(17-9-7-16-8-10-17)11-13-3-5-14(18)6-4-13/h3-6,12,15-16,18H,7-11H2,1-2H3. The Morgan fingerprint density at radius 3 is 2.33 bits per heavy atom. The molecule has 1 aliphatic rings. The molecule has 2 N–H and O–H groups in total. The molecule has 1 saturated heterocycles. The lowest BCUT2D eigenvalue weighted by Crippen LogP contribution is -2.50. The monoisotopic (exact) mass is 248 g/mol. The van der Waals surface area contributed by atoms with Crippen molar-refractivity contribution in [2.24, 2.45) is 5.92 Å². The molecule has 1 aliphatic heterocycles. The van der Waals surface area contributed by atoms with Crippen molar-refractivity contribution >= 4 is 0 Å². The molecule has 0 spiro atoms. The summed E-state index contributed by atoms with van der Waals surface area (Å²) in [4.78, 5) is 2.59. The minimum atomic E-state index is 0.349. The molecule has 0 radical (unpaired) electrons. The number of hydrogen-bond acceptors (Lipinski definition) is 3. The van der Waals surface area contributed by atoms with Crippen molar-refractivity contribution in [3.63, 3.8) is 0 Å². The summed E-state index contributed by atoms with van der Waals surface area (Å²) in [6, 6.07) is 8.23. The highest BCUT2D eigenvalue weighted by Gasteiger charge is 2.23. The van der Waals surface area contributed by atoms with Crippen LogP contribution >= 0.6 is 0 Å². The quantitative estimate of drug-likeness (QED) is 0.854. The first-order valence-corrected chi connectivity index (χ1v) is 6.89. The summed E-state index contributed by atoms with van der Waals surface area (Å²) >= 11 is 0. The van der Waals surface area contributed by atoms with Crippen LogP contribution in [-0.4, -0.2) is 42.2 Å². The fourth-order valence-electron chi connectivity index (χ4n) is 2.67. The molecule has 1 unspecified atom stereocenters. The lowest BCUT2D eigenvalue weighted by Gasteiger charge is -2.37. The van der Waals surface area contributed by atoms with E-state index in [0.717, 1.165) is 32.6 Å². The molecule has 1 fully saturated rings. The molecule has 2 rings (SSSR count). The van der Waals surface area contributed by atoms with E-state index in [1.54, 1.807) is 12.1 Å². The number of aromatic hydroxyl groups is 1. The molecule has 1 atom stereocenters. The molecule has 1 heterocycles. The summed E-state index contributed by atoms with van der Waals surface area (Å²) < 4.78 is 0. The molecule has 0 amide bonds. The maximum Gasteiger partial charge on any atom is 0.115 e. The highest BCUT2D eigenvalue weighted by atomic mass is 16.3. The van der Waals surface area contributed by atoms with Gasteiger partial charge in [-0.05, 0) is 30.0 Å². The first-order chi connectivity index (χ1) is 8.66. The number of phenols is 1. The average Bonchev–Trinajstić information content (AvgIpc) is 2.38. The average molecular weight is 248 g/mol. The Morgan fingerprint density at radius 1 is 1.17 bits per heavy atom. The fourth-order valence-corrected chi connectivity index (χ4v) is 2.67. The largest absolute Gasteiger partial charge is 0.508 e. The summed E-state index contributed by atoms with van der Waals surface area (Å²) in [7, 11) is 0. The molecule has 3 heteroatoms. The predicted molar refractivity (Wildman–Crippen MR) is 74.9 cm³/mol. The number of nitrogens with one attached hydrogen (secondary N) is 1. The van der Waals surface area contributed by atoms with Gasteiger partial charge < -0.3 is 10.4 Å². The van der Waals surface area contributed by atoms with Gasteiger partial charge in [0.15, 0.2) is 0 Å². The zero-order valence-corrected chi connectivity index (χ0v) is 11.4. The van der Waals surface area contributed by atoms with Gasteiger partial charge in [-0.1, -0.05) is 26.0 Å². The van der Waals surface area contributed by atoms with Crippen LogP contribution in [0.4, 0.5) is 0 Å². The molecule has 1 aromatic rings. The van der Waals surface area contributed by atoms with Crippen molar-refractivity contribution in [1.82, 2.24) is 10.2 Å². The van der Waals surface area contributed by atoms with Gasteiger partial charge in [0.05, 0.1) is 0 Å². The van der Waals surface area contributed by atoms with Gasteiger partial charge in [0.25, 0.3) is 0 Å². The lowest BCUT2D eigenvalue weighted by molar-refractivity contribution is 0.136. The molecular formula is C15H24N2O. The highest BCUT2D eigenvalue weighted by Crippen LogP contribution is 2.19. The van der Waals surface area contributed by atoms with Crippen molar-refractivity contribution in [3.8, 4) is 5.75 Å². The molecule has 0 saturated carbocycles. The molecule has 0 bridgehead atoms. The molecule has 0 aliphatic carbocycles. The van der Waals surface area contributed by atoms with Crippen LogP contribution in [0, 0.1) is 5.92 Å². The number of hydrogen-bond donors (Lipinski definition) is 2. The van der Waals surface area contributed by atoms with Crippen molar-refractivity contribution in [3.05, 3.63) is 29.8 Å². The van der Waals surface area contributed by atoms with Gasteiger partial charge in [-0.25, -0.2) is 0 Å². The Hall–Kier alpha value is -1.06. The van der Waals surface area contributed by atoms with Gasteiger partial charge in [-0.3, -0.25) is 4.90 Å². The second-order valence-electron chi connectivity index (χ2n) is 5.47. The summed E-state index contributed by atoms with van der Waals surface area (Å²) in [6.45, 7) is 9.07. The van der Waals surface area contributed by atoms with E-state index in [9.17, 15) is 5.11 Å². The van der Waals surface area contributed by atoms with Crippen molar-refractivity contribution < 1.29 is 5.11 Å². The Kier molecular flexibility index (Phi) is 4.61. The zero-order chi connectivity index (χ0) is 13.0. The normalized spacial score (nSPS) is 19.1. The van der Waals surface area contributed by atoms with E-state index in [4.69, 9.17) is 0 Å². The van der Waals surface area contributed by atoms with Crippen molar-refractivity contribution in [2.45, 2.75) is 26.3 Å². The van der Waals surface area contributed by atoms with Gasteiger partial charge >= 0.3 is 0 Å². The molecule has 1 aromatic carbocycles. The van der Waals surface area contributed by atoms with E-state index in [0.29, 0.717) is 17.7 Å². The first kappa shape index (κ1) is 13.4. The van der Waals surface area contributed by atoms with E-state index in [1.165, 1.54) is 5.56 Å². The highest BCUT2D eigenvalue weighted by molar-refractivity contribution is 5.26. The molecular weight excluding hydrogens is 224 g/mol. The Balaban J connectivity index is 2.03. The van der Waals surface area contributed by atoms with Crippen LogP contribution in [0.5, 0.6) is 5.75 Å². The topological polar surface area (TPSA) is 35.5 Å². The van der Waals surface area contributed by atoms with Gasteiger partial charge in [0, 0.05) is 32.2 Å². The van der Waals surface area contributed by atoms with Crippen LogP contribution in [0.2, 0.25) is 0 Å². The summed E-state index contributed by atoms with van der Waals surface area (Å²) in [5, 5.41) is 12.7. The zero-order valence-electron chi connectivity index (χ0n) is 11.4. The summed E-state index contributed by atoms with van der Waals surface area (Å²) in [6.07, 6.45) is 1.07. The minimum absolute atomic E-state index is 0.349. The van der Waals surface area contributed by atoms with E-state index in [1.807, 2.05) is 12.1 Å². The van der Waals surface area contributed by atoms with Crippen LogP contribution in [0.25, 0.3) is 0 Å². The number of phenolic OH excluding ortho intramolecular Hbond substituents is 1. The third-order valence-corrected chi connectivity index (χ3v) is 3.77.